The Kier molecular flexibility index (Phi) is 7.70. The average molecular weight is 472 g/mol. The summed E-state index contributed by atoms with van der Waals surface area (Å²) in [6.07, 6.45) is 0.935. The fourth-order valence-corrected chi connectivity index (χ4v) is 4.23. The highest BCUT2D eigenvalue weighted by molar-refractivity contribution is 7.90. The van der Waals surface area contributed by atoms with Crippen LogP contribution in [0.1, 0.15) is 17.3 Å². The van der Waals surface area contributed by atoms with Crippen LogP contribution in [0.5, 0.6) is 0 Å². The van der Waals surface area contributed by atoms with Gasteiger partial charge in [0, 0.05) is 25.4 Å². The van der Waals surface area contributed by atoms with E-state index in [0.29, 0.717) is 0 Å². The van der Waals surface area contributed by atoms with Gasteiger partial charge >= 0.3 is 5.97 Å². The molecule has 0 aliphatic carbocycles. The summed E-state index contributed by atoms with van der Waals surface area (Å²) in [6, 6.07) is 8.73. The van der Waals surface area contributed by atoms with Gasteiger partial charge in [-0.3, -0.25) is 10.1 Å². The van der Waals surface area contributed by atoms with Crippen LogP contribution in [0, 0.1) is 10.1 Å². The van der Waals surface area contributed by atoms with E-state index in [9.17, 15) is 31.7 Å². The van der Waals surface area contributed by atoms with Crippen molar-refractivity contribution in [3.63, 3.8) is 0 Å². The fourth-order valence-electron chi connectivity index (χ4n) is 2.51. The molecule has 0 unspecified atom stereocenters. The summed E-state index contributed by atoms with van der Waals surface area (Å²) in [5.74, 6) is -0.647. The normalized spacial score (nSPS) is 11.7. The number of nitrogens with zero attached hydrogens (tertiary/aromatic N) is 1. The van der Waals surface area contributed by atoms with Crippen molar-refractivity contribution in [3.8, 4) is 0 Å². The molecule has 0 atom stereocenters. The Morgan fingerprint density at radius 2 is 1.77 bits per heavy atom. The summed E-state index contributed by atoms with van der Waals surface area (Å²) in [4.78, 5) is 21.9. The SMILES string of the molecule is CCOC(=O)c1cccc(S(=O)(=O)NCCNc2ccc(S(C)(=O)=O)cc2[N+](=O)[O-])c1. The lowest BCUT2D eigenvalue weighted by atomic mass is 10.2. The van der Waals surface area contributed by atoms with E-state index >= 15 is 0 Å². The molecular formula is C18H21N3O8S2. The molecule has 0 heterocycles. The molecule has 11 nitrogen and oxygen atoms in total. The first-order chi connectivity index (χ1) is 14.5. The van der Waals surface area contributed by atoms with Crippen molar-refractivity contribution in [1.82, 2.24) is 4.72 Å². The zero-order valence-corrected chi connectivity index (χ0v) is 18.3. The molecule has 0 saturated heterocycles. The maximum absolute atomic E-state index is 12.4. The molecule has 0 fully saturated rings. The number of anilines is 1. The molecule has 2 N–H and O–H groups in total. The van der Waals surface area contributed by atoms with Gasteiger partial charge in [-0.25, -0.2) is 26.4 Å². The number of ether oxygens (including phenoxy) is 1. The highest BCUT2D eigenvalue weighted by Crippen LogP contribution is 2.27. The third-order valence-corrected chi connectivity index (χ3v) is 6.55. The molecule has 2 aromatic rings. The van der Waals surface area contributed by atoms with Crippen LogP contribution >= 0.6 is 0 Å². The van der Waals surface area contributed by atoms with E-state index in [1.165, 1.54) is 36.4 Å². The first kappa shape index (κ1) is 24.2. The fraction of sp³-hybridized carbons (Fsp3) is 0.278. The molecule has 0 aliphatic rings. The molecule has 2 rings (SSSR count). The van der Waals surface area contributed by atoms with E-state index in [4.69, 9.17) is 4.74 Å². The Bertz CT molecular complexity index is 1190. The lowest BCUT2D eigenvalue weighted by Crippen LogP contribution is -2.29. The molecule has 168 valence electrons. The predicted octanol–water partition coefficient (Wildman–Crippen LogP) is 1.57. The minimum atomic E-state index is -3.95. The molecule has 2 aromatic carbocycles. The third-order valence-electron chi connectivity index (χ3n) is 3.98. The molecule has 0 amide bonds. The highest BCUT2D eigenvalue weighted by Gasteiger charge is 2.19. The van der Waals surface area contributed by atoms with Crippen LogP contribution in [-0.4, -0.2) is 53.7 Å². The largest absolute Gasteiger partial charge is 0.462 e. The number of sulfonamides is 1. The van der Waals surface area contributed by atoms with Crippen molar-refractivity contribution in [2.75, 3.05) is 31.3 Å². The second kappa shape index (κ2) is 9.85. The van der Waals surface area contributed by atoms with Crippen LogP contribution in [-0.2, 0) is 24.6 Å². The Morgan fingerprint density at radius 1 is 1.06 bits per heavy atom. The summed E-state index contributed by atoms with van der Waals surface area (Å²) >= 11 is 0. The van der Waals surface area contributed by atoms with Crippen LogP contribution in [0.4, 0.5) is 11.4 Å². The van der Waals surface area contributed by atoms with Crippen molar-refractivity contribution >= 4 is 37.2 Å². The van der Waals surface area contributed by atoms with Gasteiger partial charge in [-0.2, -0.15) is 0 Å². The monoisotopic (exact) mass is 471 g/mol. The molecule has 0 aliphatic heterocycles. The van der Waals surface area contributed by atoms with Crippen molar-refractivity contribution in [3.05, 3.63) is 58.1 Å². The minimum absolute atomic E-state index is 0.0180. The standard InChI is InChI=1S/C18H21N3O8S2/c1-3-29-18(22)13-5-4-6-15(11-13)31(27,28)20-10-9-19-16-8-7-14(30(2,25)26)12-17(16)21(23)24/h4-8,11-12,19-20H,3,9-10H2,1-2H3. The van der Waals surface area contributed by atoms with Crippen LogP contribution in [0.25, 0.3) is 0 Å². The van der Waals surface area contributed by atoms with E-state index in [1.807, 2.05) is 0 Å². The van der Waals surface area contributed by atoms with Gasteiger partial charge in [0.15, 0.2) is 9.84 Å². The number of nitro benzene ring substituents is 1. The topological polar surface area (TPSA) is 162 Å². The lowest BCUT2D eigenvalue weighted by molar-refractivity contribution is -0.384. The lowest BCUT2D eigenvalue weighted by Gasteiger charge is -2.10. The number of carbonyl (C=O) groups is 1. The first-order valence-electron chi connectivity index (χ1n) is 8.95. The van der Waals surface area contributed by atoms with E-state index < -0.39 is 36.4 Å². The summed E-state index contributed by atoms with van der Waals surface area (Å²) < 4.78 is 55.2. The van der Waals surface area contributed by atoms with Gasteiger partial charge in [-0.05, 0) is 37.3 Å². The smallest absolute Gasteiger partial charge is 0.338 e. The number of rotatable bonds is 10. The molecular weight excluding hydrogens is 450 g/mol. The molecule has 31 heavy (non-hydrogen) atoms. The maximum Gasteiger partial charge on any atom is 0.338 e. The third kappa shape index (κ3) is 6.47. The molecule has 0 saturated carbocycles. The van der Waals surface area contributed by atoms with E-state index in [0.717, 1.165) is 12.3 Å². The van der Waals surface area contributed by atoms with E-state index in [1.54, 1.807) is 6.92 Å². The zero-order chi connectivity index (χ0) is 23.2. The quantitative estimate of drug-likeness (QED) is 0.227. The number of hydrogen-bond donors (Lipinski definition) is 2. The molecule has 0 aromatic heterocycles. The minimum Gasteiger partial charge on any atom is -0.462 e. The number of esters is 1. The van der Waals surface area contributed by atoms with Crippen molar-refractivity contribution in [2.45, 2.75) is 16.7 Å². The van der Waals surface area contributed by atoms with Gasteiger partial charge in [-0.1, -0.05) is 6.07 Å². The van der Waals surface area contributed by atoms with Crippen molar-refractivity contribution in [2.24, 2.45) is 0 Å². The number of carbonyl (C=O) groups excluding carboxylic acids is 1. The number of hydrogen-bond acceptors (Lipinski definition) is 9. The molecule has 0 radical (unpaired) electrons. The Hall–Kier alpha value is -3.03. The van der Waals surface area contributed by atoms with E-state index in [2.05, 4.69) is 10.0 Å². The van der Waals surface area contributed by atoms with E-state index in [-0.39, 0.29) is 40.7 Å². The average Bonchev–Trinajstić information content (AvgIpc) is 2.70. The van der Waals surface area contributed by atoms with Gasteiger partial charge in [-0.15, -0.1) is 0 Å². The molecule has 0 bridgehead atoms. The maximum atomic E-state index is 12.4. The number of nitrogens with one attached hydrogen (secondary N) is 2. The second-order valence-corrected chi connectivity index (χ2v) is 10.1. The Morgan fingerprint density at radius 3 is 2.39 bits per heavy atom. The van der Waals surface area contributed by atoms with Gasteiger partial charge < -0.3 is 10.1 Å². The molecule has 0 spiro atoms. The summed E-state index contributed by atoms with van der Waals surface area (Å²) in [5, 5.41) is 13.9. The van der Waals surface area contributed by atoms with Crippen LogP contribution in [0.15, 0.2) is 52.3 Å². The number of sulfone groups is 1. The number of benzene rings is 2. The van der Waals surface area contributed by atoms with Gasteiger partial charge in [0.2, 0.25) is 10.0 Å². The van der Waals surface area contributed by atoms with Crippen LogP contribution in [0.3, 0.4) is 0 Å². The highest BCUT2D eigenvalue weighted by atomic mass is 32.2. The van der Waals surface area contributed by atoms with Gasteiger partial charge in [0.25, 0.3) is 5.69 Å². The first-order valence-corrected chi connectivity index (χ1v) is 12.3. The zero-order valence-electron chi connectivity index (χ0n) is 16.7. The van der Waals surface area contributed by atoms with Crippen LogP contribution in [0.2, 0.25) is 0 Å². The van der Waals surface area contributed by atoms with Crippen molar-refractivity contribution in [1.29, 1.82) is 0 Å². The Labute approximate surface area is 179 Å². The second-order valence-electron chi connectivity index (χ2n) is 6.28. The molecule has 13 heteroatoms. The van der Waals surface area contributed by atoms with Gasteiger partial charge in [0.05, 0.1) is 26.9 Å². The summed E-state index contributed by atoms with van der Waals surface area (Å²) in [5.41, 5.74) is -0.321. The summed E-state index contributed by atoms with van der Waals surface area (Å²) in [6.45, 7) is 1.63. The Balaban J connectivity index is 2.06. The van der Waals surface area contributed by atoms with Gasteiger partial charge in [0.1, 0.15) is 5.69 Å². The predicted molar refractivity (Wildman–Crippen MR) is 112 cm³/mol. The van der Waals surface area contributed by atoms with Crippen LogP contribution < -0.4 is 10.0 Å². The van der Waals surface area contributed by atoms with Crippen molar-refractivity contribution < 1.29 is 31.3 Å². The summed E-state index contributed by atoms with van der Waals surface area (Å²) in [7, 11) is -7.57. The number of nitro groups is 1.